The number of carbonyl (C=O) groups is 1. The van der Waals surface area contributed by atoms with Gasteiger partial charge in [0.25, 0.3) is 0 Å². The minimum atomic E-state index is -0.0621. The summed E-state index contributed by atoms with van der Waals surface area (Å²) in [6.45, 7) is 11.5. The van der Waals surface area contributed by atoms with Gasteiger partial charge in [-0.1, -0.05) is 23.8 Å². The van der Waals surface area contributed by atoms with Crippen LogP contribution in [-0.2, 0) is 16.1 Å². The molecule has 5 nitrogen and oxygen atoms in total. The first-order valence-corrected chi connectivity index (χ1v) is 9.24. The Morgan fingerprint density at radius 2 is 2.12 bits per heavy atom. The standard InChI is InChI=1S/C20H33N3O2/c1-14(2)23-13-18(11-19(23)20(24)21-8-9-25-5)22-12-17-10-15(3)6-7-16(17)4/h6-7,10,14,18-19,22H,8-9,11-13H2,1-5H3,(H,21,24)/t18-,19-/m0/s1. The third-order valence-electron chi connectivity index (χ3n) is 5.00. The van der Waals surface area contributed by atoms with E-state index >= 15 is 0 Å². The molecule has 2 N–H and O–H groups in total. The van der Waals surface area contributed by atoms with E-state index in [4.69, 9.17) is 4.74 Å². The van der Waals surface area contributed by atoms with Gasteiger partial charge in [0.05, 0.1) is 12.6 Å². The van der Waals surface area contributed by atoms with Crippen molar-refractivity contribution in [2.45, 2.75) is 58.8 Å². The Kier molecular flexibility index (Phi) is 7.41. The van der Waals surface area contributed by atoms with Gasteiger partial charge in [-0.2, -0.15) is 0 Å². The van der Waals surface area contributed by atoms with Gasteiger partial charge < -0.3 is 15.4 Å². The summed E-state index contributed by atoms with van der Waals surface area (Å²) >= 11 is 0. The first kappa shape index (κ1) is 19.9. The molecular weight excluding hydrogens is 314 g/mol. The van der Waals surface area contributed by atoms with Gasteiger partial charge >= 0.3 is 0 Å². The summed E-state index contributed by atoms with van der Waals surface area (Å²) < 4.78 is 5.02. The zero-order chi connectivity index (χ0) is 18.4. The van der Waals surface area contributed by atoms with E-state index in [1.807, 2.05) is 0 Å². The maximum Gasteiger partial charge on any atom is 0.237 e. The fraction of sp³-hybridized carbons (Fsp3) is 0.650. The maximum atomic E-state index is 12.5. The van der Waals surface area contributed by atoms with E-state index in [1.165, 1.54) is 16.7 Å². The van der Waals surface area contributed by atoms with Crippen LogP contribution in [0.2, 0.25) is 0 Å². The van der Waals surface area contributed by atoms with E-state index in [9.17, 15) is 4.79 Å². The number of likely N-dealkylation sites (tertiary alicyclic amines) is 1. The topological polar surface area (TPSA) is 53.6 Å². The molecule has 25 heavy (non-hydrogen) atoms. The lowest BCUT2D eigenvalue weighted by molar-refractivity contribution is -0.126. The normalized spacial score (nSPS) is 21.0. The van der Waals surface area contributed by atoms with Crippen molar-refractivity contribution in [3.8, 4) is 0 Å². The summed E-state index contributed by atoms with van der Waals surface area (Å²) in [5.74, 6) is 0.113. The van der Waals surface area contributed by atoms with Crippen molar-refractivity contribution in [2.75, 3.05) is 26.8 Å². The summed E-state index contributed by atoms with van der Waals surface area (Å²) in [4.78, 5) is 14.8. The Balaban J connectivity index is 1.94. The predicted molar refractivity (Wildman–Crippen MR) is 102 cm³/mol. The number of rotatable bonds is 8. The predicted octanol–water partition coefficient (Wildman–Crippen LogP) is 2.01. The maximum absolute atomic E-state index is 12.5. The molecule has 1 aliphatic heterocycles. The fourth-order valence-corrected chi connectivity index (χ4v) is 3.48. The highest BCUT2D eigenvalue weighted by Gasteiger charge is 2.37. The van der Waals surface area contributed by atoms with E-state index in [2.05, 4.69) is 61.4 Å². The SMILES string of the molecule is COCCNC(=O)[C@@H]1C[C@H](NCc2cc(C)ccc2C)CN1C(C)C. The van der Waals surface area contributed by atoms with Crippen molar-refractivity contribution >= 4 is 5.91 Å². The zero-order valence-corrected chi connectivity index (χ0v) is 16.3. The van der Waals surface area contributed by atoms with Crippen molar-refractivity contribution in [3.63, 3.8) is 0 Å². The van der Waals surface area contributed by atoms with E-state index in [0.29, 0.717) is 25.2 Å². The highest BCUT2D eigenvalue weighted by molar-refractivity contribution is 5.82. The third kappa shape index (κ3) is 5.53. The van der Waals surface area contributed by atoms with Crippen LogP contribution in [-0.4, -0.2) is 55.7 Å². The van der Waals surface area contributed by atoms with Crippen molar-refractivity contribution in [3.05, 3.63) is 34.9 Å². The Bertz CT molecular complexity index is 574. The summed E-state index contributed by atoms with van der Waals surface area (Å²) in [5.41, 5.74) is 3.93. The monoisotopic (exact) mass is 347 g/mol. The molecule has 2 rings (SSSR count). The number of aryl methyl sites for hydroxylation is 2. The molecular formula is C20H33N3O2. The quantitative estimate of drug-likeness (QED) is 0.707. The molecule has 0 spiro atoms. The van der Waals surface area contributed by atoms with Crippen LogP contribution in [0.25, 0.3) is 0 Å². The van der Waals surface area contributed by atoms with Crippen LogP contribution < -0.4 is 10.6 Å². The second-order valence-electron chi connectivity index (χ2n) is 7.33. The molecule has 1 aromatic rings. The van der Waals surface area contributed by atoms with E-state index in [1.54, 1.807) is 7.11 Å². The highest BCUT2D eigenvalue weighted by Crippen LogP contribution is 2.21. The lowest BCUT2D eigenvalue weighted by Crippen LogP contribution is -2.46. The van der Waals surface area contributed by atoms with Crippen molar-refractivity contribution in [2.24, 2.45) is 0 Å². The minimum Gasteiger partial charge on any atom is -0.383 e. The van der Waals surface area contributed by atoms with Crippen molar-refractivity contribution < 1.29 is 9.53 Å². The molecule has 1 amide bonds. The van der Waals surface area contributed by atoms with Crippen LogP contribution in [0.4, 0.5) is 0 Å². The molecule has 0 saturated carbocycles. The molecule has 5 heteroatoms. The average Bonchev–Trinajstić information content (AvgIpc) is 3.00. The van der Waals surface area contributed by atoms with Crippen LogP contribution in [0.15, 0.2) is 18.2 Å². The molecule has 0 bridgehead atoms. The van der Waals surface area contributed by atoms with Crippen molar-refractivity contribution in [1.82, 2.24) is 15.5 Å². The molecule has 0 unspecified atom stereocenters. The number of amides is 1. The lowest BCUT2D eigenvalue weighted by atomic mass is 10.0. The summed E-state index contributed by atoms with van der Waals surface area (Å²) in [5, 5.41) is 6.64. The number of benzene rings is 1. The number of nitrogens with zero attached hydrogens (tertiary/aromatic N) is 1. The Hall–Kier alpha value is -1.43. The second-order valence-corrected chi connectivity index (χ2v) is 7.33. The molecule has 1 heterocycles. The largest absolute Gasteiger partial charge is 0.383 e. The second kappa shape index (κ2) is 9.32. The number of hydrogen-bond donors (Lipinski definition) is 2. The average molecular weight is 348 g/mol. The summed E-state index contributed by atoms with van der Waals surface area (Å²) in [6.07, 6.45) is 0.849. The Morgan fingerprint density at radius 3 is 2.80 bits per heavy atom. The fourth-order valence-electron chi connectivity index (χ4n) is 3.48. The van der Waals surface area contributed by atoms with E-state index < -0.39 is 0 Å². The first-order valence-electron chi connectivity index (χ1n) is 9.24. The summed E-state index contributed by atoms with van der Waals surface area (Å²) in [7, 11) is 1.65. The number of ether oxygens (including phenoxy) is 1. The van der Waals surface area contributed by atoms with Crippen LogP contribution in [0, 0.1) is 13.8 Å². The molecule has 0 radical (unpaired) electrons. The minimum absolute atomic E-state index is 0.0621. The summed E-state index contributed by atoms with van der Waals surface area (Å²) in [6, 6.07) is 7.19. The molecule has 1 saturated heterocycles. The number of hydrogen-bond acceptors (Lipinski definition) is 4. The molecule has 2 atom stereocenters. The molecule has 140 valence electrons. The third-order valence-corrected chi connectivity index (χ3v) is 5.00. The smallest absolute Gasteiger partial charge is 0.237 e. The molecule has 0 aromatic heterocycles. The van der Waals surface area contributed by atoms with E-state index in [0.717, 1.165) is 19.5 Å². The number of methoxy groups -OCH3 is 1. The van der Waals surface area contributed by atoms with Gasteiger partial charge in [0.1, 0.15) is 0 Å². The van der Waals surface area contributed by atoms with Gasteiger partial charge in [-0.25, -0.2) is 0 Å². The van der Waals surface area contributed by atoms with Crippen LogP contribution in [0.3, 0.4) is 0 Å². The van der Waals surface area contributed by atoms with Gasteiger partial charge in [0.2, 0.25) is 5.91 Å². The molecule has 1 fully saturated rings. The van der Waals surface area contributed by atoms with Crippen LogP contribution in [0.1, 0.15) is 37.0 Å². The van der Waals surface area contributed by atoms with Crippen LogP contribution >= 0.6 is 0 Å². The van der Waals surface area contributed by atoms with E-state index in [-0.39, 0.29) is 11.9 Å². The highest BCUT2D eigenvalue weighted by atomic mass is 16.5. The van der Waals surface area contributed by atoms with Gasteiger partial charge in [-0.15, -0.1) is 0 Å². The Morgan fingerprint density at radius 1 is 1.36 bits per heavy atom. The molecule has 1 aliphatic rings. The van der Waals surface area contributed by atoms with Gasteiger partial charge in [0, 0.05) is 38.8 Å². The lowest BCUT2D eigenvalue weighted by Gasteiger charge is -2.27. The zero-order valence-electron chi connectivity index (χ0n) is 16.3. The number of nitrogens with one attached hydrogen (secondary N) is 2. The van der Waals surface area contributed by atoms with Crippen LogP contribution in [0.5, 0.6) is 0 Å². The number of carbonyl (C=O) groups excluding carboxylic acids is 1. The van der Waals surface area contributed by atoms with Gasteiger partial charge in [-0.05, 0) is 45.2 Å². The van der Waals surface area contributed by atoms with Crippen molar-refractivity contribution in [1.29, 1.82) is 0 Å². The van der Waals surface area contributed by atoms with Gasteiger partial charge in [0.15, 0.2) is 0 Å². The molecule has 0 aliphatic carbocycles. The van der Waals surface area contributed by atoms with Gasteiger partial charge in [-0.3, -0.25) is 9.69 Å². The Labute approximate surface area is 152 Å². The first-order chi connectivity index (χ1) is 11.9. The molecule has 1 aromatic carbocycles.